The van der Waals surface area contributed by atoms with Crippen molar-refractivity contribution in [2.24, 2.45) is 0 Å². The lowest BCUT2D eigenvalue weighted by molar-refractivity contribution is -0.341. The summed E-state index contributed by atoms with van der Waals surface area (Å²) in [4.78, 5) is 11.4. The number of methoxy groups -OCH3 is 1. The van der Waals surface area contributed by atoms with Crippen molar-refractivity contribution in [2.75, 3.05) is 13.7 Å². The fourth-order valence-electron chi connectivity index (χ4n) is 2.96. The summed E-state index contributed by atoms with van der Waals surface area (Å²) in [6.07, 6.45) is -3.36. The van der Waals surface area contributed by atoms with Gasteiger partial charge in [-0.2, -0.15) is 0 Å². The molecule has 1 aromatic carbocycles. The van der Waals surface area contributed by atoms with Crippen molar-refractivity contribution >= 4 is 5.91 Å². The van der Waals surface area contributed by atoms with Crippen LogP contribution in [0.25, 0.3) is 0 Å². The zero-order valence-electron chi connectivity index (χ0n) is 13.0. The van der Waals surface area contributed by atoms with Crippen LogP contribution in [0.5, 0.6) is 0 Å². The minimum Gasteiger partial charge on any atom is -0.388 e. The fraction of sp³-hybridized carbons (Fsp3) is 0.562. The van der Waals surface area contributed by atoms with Gasteiger partial charge in [0.05, 0.1) is 6.61 Å². The van der Waals surface area contributed by atoms with Gasteiger partial charge in [-0.15, -0.1) is 0 Å². The molecule has 2 aliphatic rings. The number of ether oxygens (including phenoxy) is 4. The average molecular weight is 323 g/mol. The molecule has 7 heteroatoms. The van der Waals surface area contributed by atoms with Crippen LogP contribution in [-0.2, 0) is 23.7 Å². The van der Waals surface area contributed by atoms with Gasteiger partial charge in [-0.25, -0.2) is 0 Å². The van der Waals surface area contributed by atoms with E-state index in [0.29, 0.717) is 0 Å². The predicted octanol–water partition coefficient (Wildman–Crippen LogP) is 0.337. The Balaban J connectivity index is 1.76. The molecule has 2 aliphatic heterocycles. The van der Waals surface area contributed by atoms with Crippen LogP contribution >= 0.6 is 0 Å². The first-order chi connectivity index (χ1) is 11.1. The van der Waals surface area contributed by atoms with E-state index in [0.717, 1.165) is 5.56 Å². The van der Waals surface area contributed by atoms with Gasteiger partial charge in [0.15, 0.2) is 12.6 Å². The highest BCUT2D eigenvalue weighted by molar-refractivity contribution is 5.73. The van der Waals surface area contributed by atoms with E-state index in [1.165, 1.54) is 14.0 Å². The summed E-state index contributed by atoms with van der Waals surface area (Å²) in [5, 5.41) is 13.3. The van der Waals surface area contributed by atoms with Gasteiger partial charge in [-0.1, -0.05) is 30.3 Å². The third kappa shape index (κ3) is 3.39. The number of carbonyl (C=O) groups is 1. The number of hydrogen-bond donors (Lipinski definition) is 2. The van der Waals surface area contributed by atoms with Crippen LogP contribution in [0.4, 0.5) is 0 Å². The molecular weight excluding hydrogens is 302 g/mol. The van der Waals surface area contributed by atoms with Crippen molar-refractivity contribution in [3.8, 4) is 0 Å². The number of amides is 1. The minimum atomic E-state index is -0.960. The molecule has 7 nitrogen and oxygen atoms in total. The normalized spacial score (nSPS) is 37.0. The number of rotatable bonds is 3. The highest BCUT2D eigenvalue weighted by Gasteiger charge is 2.49. The summed E-state index contributed by atoms with van der Waals surface area (Å²) in [5.41, 5.74) is 0.864. The molecule has 3 rings (SSSR count). The largest absolute Gasteiger partial charge is 0.388 e. The van der Waals surface area contributed by atoms with E-state index in [9.17, 15) is 9.90 Å². The van der Waals surface area contributed by atoms with Gasteiger partial charge in [-0.3, -0.25) is 4.79 Å². The fourth-order valence-corrected chi connectivity index (χ4v) is 2.96. The van der Waals surface area contributed by atoms with Gasteiger partial charge in [0.1, 0.15) is 24.4 Å². The van der Waals surface area contributed by atoms with Crippen LogP contribution in [0.3, 0.4) is 0 Å². The number of aliphatic hydroxyl groups is 1. The third-order valence-electron chi connectivity index (χ3n) is 4.04. The Morgan fingerprint density at radius 1 is 1.30 bits per heavy atom. The average Bonchev–Trinajstić information content (AvgIpc) is 2.57. The van der Waals surface area contributed by atoms with Crippen LogP contribution in [0, 0.1) is 0 Å². The molecule has 0 unspecified atom stereocenters. The highest BCUT2D eigenvalue weighted by Crippen LogP contribution is 2.34. The van der Waals surface area contributed by atoms with E-state index in [-0.39, 0.29) is 12.5 Å². The van der Waals surface area contributed by atoms with E-state index in [4.69, 9.17) is 18.9 Å². The van der Waals surface area contributed by atoms with Crippen molar-refractivity contribution < 1.29 is 28.8 Å². The molecule has 0 aromatic heterocycles. The third-order valence-corrected chi connectivity index (χ3v) is 4.04. The molecule has 0 saturated carbocycles. The van der Waals surface area contributed by atoms with Crippen LogP contribution in [0.1, 0.15) is 18.8 Å². The summed E-state index contributed by atoms with van der Waals surface area (Å²) in [6.45, 7) is 1.65. The second-order valence-electron chi connectivity index (χ2n) is 5.67. The van der Waals surface area contributed by atoms with E-state index in [1.54, 1.807) is 0 Å². The van der Waals surface area contributed by atoms with Crippen LogP contribution in [-0.4, -0.2) is 55.4 Å². The standard InChI is InChI=1S/C16H21NO6/c1-9(18)17-12-13(19)14-11(22-16(12)20-2)8-21-15(23-14)10-6-4-3-5-7-10/h3-7,11-16,19H,8H2,1-2H3,(H,17,18)/t11-,12-,13-,14-,15+,16+/m1/s1. The van der Waals surface area contributed by atoms with Gasteiger partial charge >= 0.3 is 0 Å². The number of fused-ring (bicyclic) bond motifs is 1. The molecule has 0 aliphatic carbocycles. The first-order valence-corrected chi connectivity index (χ1v) is 7.55. The molecule has 126 valence electrons. The number of benzene rings is 1. The Kier molecular flexibility index (Phi) is 4.93. The number of nitrogens with one attached hydrogen (secondary N) is 1. The van der Waals surface area contributed by atoms with Crippen molar-refractivity contribution in [3.05, 3.63) is 35.9 Å². The van der Waals surface area contributed by atoms with Gasteiger partial charge in [0.2, 0.25) is 5.91 Å². The molecule has 0 spiro atoms. The first-order valence-electron chi connectivity index (χ1n) is 7.55. The summed E-state index contributed by atoms with van der Waals surface area (Å²) in [6, 6.07) is 8.78. The lowest BCUT2D eigenvalue weighted by atomic mass is 9.95. The van der Waals surface area contributed by atoms with Crippen molar-refractivity contribution in [3.63, 3.8) is 0 Å². The number of hydrogen-bond acceptors (Lipinski definition) is 6. The van der Waals surface area contributed by atoms with E-state index >= 15 is 0 Å². The van der Waals surface area contributed by atoms with Gasteiger partial charge in [0.25, 0.3) is 0 Å². The second-order valence-corrected chi connectivity index (χ2v) is 5.67. The van der Waals surface area contributed by atoms with Gasteiger partial charge < -0.3 is 29.4 Å². The minimum absolute atomic E-state index is 0.272. The Labute approximate surface area is 134 Å². The summed E-state index contributed by atoms with van der Waals surface area (Å²) in [5.74, 6) is -0.273. The molecule has 2 saturated heterocycles. The molecule has 1 aromatic rings. The molecule has 2 heterocycles. The SMILES string of the molecule is CO[C@H]1O[C@@H]2CO[C@H](c3ccccc3)O[C@H]2[C@H](O)[C@H]1NC(C)=O. The van der Waals surface area contributed by atoms with Gasteiger partial charge in [-0.05, 0) is 0 Å². The molecule has 1 amide bonds. The topological polar surface area (TPSA) is 86.2 Å². The van der Waals surface area contributed by atoms with Crippen LogP contribution in [0.2, 0.25) is 0 Å². The molecule has 0 radical (unpaired) electrons. The van der Waals surface area contributed by atoms with Crippen LogP contribution < -0.4 is 5.32 Å². The van der Waals surface area contributed by atoms with E-state index < -0.39 is 36.9 Å². The quantitative estimate of drug-likeness (QED) is 0.834. The summed E-state index contributed by atoms with van der Waals surface area (Å²) < 4.78 is 22.6. The van der Waals surface area contributed by atoms with Crippen molar-refractivity contribution in [1.29, 1.82) is 0 Å². The lowest BCUT2D eigenvalue weighted by Crippen LogP contribution is -2.66. The zero-order valence-corrected chi connectivity index (χ0v) is 13.0. The van der Waals surface area contributed by atoms with Crippen molar-refractivity contribution in [2.45, 2.75) is 43.9 Å². The summed E-state index contributed by atoms with van der Waals surface area (Å²) in [7, 11) is 1.46. The van der Waals surface area contributed by atoms with E-state index in [2.05, 4.69) is 5.32 Å². The maximum absolute atomic E-state index is 11.4. The summed E-state index contributed by atoms with van der Waals surface area (Å²) >= 11 is 0. The maximum atomic E-state index is 11.4. The van der Waals surface area contributed by atoms with Gasteiger partial charge in [0, 0.05) is 19.6 Å². The number of carbonyl (C=O) groups excluding carboxylic acids is 1. The molecule has 6 atom stereocenters. The maximum Gasteiger partial charge on any atom is 0.217 e. The molecule has 23 heavy (non-hydrogen) atoms. The molecular formula is C16H21NO6. The van der Waals surface area contributed by atoms with E-state index in [1.807, 2.05) is 30.3 Å². The van der Waals surface area contributed by atoms with Crippen LogP contribution in [0.15, 0.2) is 30.3 Å². The highest BCUT2D eigenvalue weighted by atomic mass is 16.7. The predicted molar refractivity (Wildman–Crippen MR) is 79.3 cm³/mol. The Bertz CT molecular complexity index is 539. The lowest BCUT2D eigenvalue weighted by Gasteiger charge is -2.47. The molecule has 2 fully saturated rings. The molecule has 2 N–H and O–H groups in total. The first kappa shape index (κ1) is 16.4. The number of aliphatic hydroxyl groups excluding tert-OH is 1. The zero-order chi connectivity index (χ0) is 16.4. The molecule has 0 bridgehead atoms. The Morgan fingerprint density at radius 3 is 2.70 bits per heavy atom. The monoisotopic (exact) mass is 323 g/mol. The second kappa shape index (κ2) is 6.94. The smallest absolute Gasteiger partial charge is 0.217 e. The van der Waals surface area contributed by atoms with Crippen molar-refractivity contribution in [1.82, 2.24) is 5.32 Å². The Morgan fingerprint density at radius 2 is 2.04 bits per heavy atom. The Hall–Kier alpha value is -1.51.